The standard InChI is InChI=1S/C6H6BrNS2/c7-5-1-3-6(4-2-5)9-10-8/h1-4H,8H2. The second-order valence-electron chi connectivity index (χ2n) is 1.63. The first-order valence-corrected chi connectivity index (χ1v) is 5.62. The highest BCUT2D eigenvalue weighted by Crippen LogP contribution is 2.26. The molecule has 0 spiro atoms. The summed E-state index contributed by atoms with van der Waals surface area (Å²) < 4.78 is 1.10. The molecule has 0 aliphatic carbocycles. The van der Waals surface area contributed by atoms with Gasteiger partial charge in [0, 0.05) is 9.37 Å². The minimum atomic E-state index is 1.10. The van der Waals surface area contributed by atoms with Crippen molar-refractivity contribution >= 4 is 37.7 Å². The molecule has 1 nitrogen and oxygen atoms in total. The molecule has 0 atom stereocenters. The lowest BCUT2D eigenvalue weighted by molar-refractivity contribution is 1.45. The van der Waals surface area contributed by atoms with Crippen molar-refractivity contribution < 1.29 is 0 Å². The van der Waals surface area contributed by atoms with Gasteiger partial charge in [-0.25, -0.2) is 0 Å². The lowest BCUT2D eigenvalue weighted by Crippen LogP contribution is -1.71. The molecule has 0 bridgehead atoms. The smallest absolute Gasteiger partial charge is 0.0196 e. The fourth-order valence-corrected chi connectivity index (χ4v) is 1.84. The van der Waals surface area contributed by atoms with E-state index in [-0.39, 0.29) is 0 Å². The van der Waals surface area contributed by atoms with Crippen molar-refractivity contribution in [1.29, 1.82) is 0 Å². The van der Waals surface area contributed by atoms with Gasteiger partial charge in [-0.05, 0) is 46.0 Å². The number of rotatable bonds is 2. The van der Waals surface area contributed by atoms with E-state index in [1.54, 1.807) is 10.8 Å². The molecule has 54 valence electrons. The average molecular weight is 236 g/mol. The van der Waals surface area contributed by atoms with Crippen LogP contribution >= 0.6 is 37.7 Å². The van der Waals surface area contributed by atoms with Gasteiger partial charge in [0.15, 0.2) is 0 Å². The SMILES string of the molecule is NSSc1ccc(Br)cc1. The highest BCUT2D eigenvalue weighted by molar-refractivity contribution is 9.10. The topological polar surface area (TPSA) is 26.0 Å². The number of benzene rings is 1. The monoisotopic (exact) mass is 235 g/mol. The number of hydrogen-bond donors (Lipinski definition) is 1. The summed E-state index contributed by atoms with van der Waals surface area (Å²) in [6.07, 6.45) is 0. The van der Waals surface area contributed by atoms with Gasteiger partial charge in [-0.15, -0.1) is 0 Å². The lowest BCUT2D eigenvalue weighted by Gasteiger charge is -1.94. The van der Waals surface area contributed by atoms with E-state index in [0.717, 1.165) is 4.47 Å². The molecule has 0 aliphatic heterocycles. The Morgan fingerprint density at radius 3 is 2.30 bits per heavy atom. The van der Waals surface area contributed by atoms with Crippen LogP contribution in [-0.4, -0.2) is 0 Å². The average Bonchev–Trinajstić information content (AvgIpc) is 1.95. The van der Waals surface area contributed by atoms with Crippen LogP contribution in [0.4, 0.5) is 0 Å². The summed E-state index contributed by atoms with van der Waals surface area (Å²) in [5.41, 5.74) is 0. The van der Waals surface area contributed by atoms with Crippen LogP contribution < -0.4 is 5.14 Å². The van der Waals surface area contributed by atoms with Gasteiger partial charge in [-0.2, -0.15) is 0 Å². The minimum Gasteiger partial charge on any atom is -0.268 e. The Morgan fingerprint density at radius 1 is 1.20 bits per heavy atom. The Morgan fingerprint density at radius 2 is 1.80 bits per heavy atom. The van der Waals surface area contributed by atoms with Crippen molar-refractivity contribution in [2.75, 3.05) is 0 Å². The van der Waals surface area contributed by atoms with Crippen LogP contribution in [0.3, 0.4) is 0 Å². The largest absolute Gasteiger partial charge is 0.268 e. The van der Waals surface area contributed by atoms with Crippen LogP contribution in [0.2, 0.25) is 0 Å². The van der Waals surface area contributed by atoms with E-state index in [1.807, 2.05) is 24.3 Å². The molecule has 0 aromatic heterocycles. The van der Waals surface area contributed by atoms with Crippen molar-refractivity contribution in [2.45, 2.75) is 4.90 Å². The van der Waals surface area contributed by atoms with Crippen molar-refractivity contribution in [2.24, 2.45) is 5.14 Å². The van der Waals surface area contributed by atoms with Crippen molar-refractivity contribution in [3.8, 4) is 0 Å². The zero-order chi connectivity index (χ0) is 7.40. The fraction of sp³-hybridized carbons (Fsp3) is 0. The Bertz CT molecular complexity index is 199. The van der Waals surface area contributed by atoms with Gasteiger partial charge in [0.05, 0.1) is 0 Å². The van der Waals surface area contributed by atoms with E-state index in [0.29, 0.717) is 0 Å². The van der Waals surface area contributed by atoms with Gasteiger partial charge in [-0.1, -0.05) is 15.9 Å². The molecule has 0 saturated carbocycles. The van der Waals surface area contributed by atoms with E-state index in [2.05, 4.69) is 15.9 Å². The molecule has 0 radical (unpaired) electrons. The van der Waals surface area contributed by atoms with Gasteiger partial charge in [0.25, 0.3) is 0 Å². The van der Waals surface area contributed by atoms with Crippen molar-refractivity contribution in [1.82, 2.24) is 0 Å². The summed E-state index contributed by atoms with van der Waals surface area (Å²) in [6, 6.07) is 8.04. The van der Waals surface area contributed by atoms with Crippen LogP contribution in [0.5, 0.6) is 0 Å². The van der Waals surface area contributed by atoms with Gasteiger partial charge in [-0.3, -0.25) is 5.14 Å². The van der Waals surface area contributed by atoms with Crippen molar-refractivity contribution in [3.05, 3.63) is 28.7 Å². The molecular formula is C6H6BrNS2. The van der Waals surface area contributed by atoms with E-state index < -0.39 is 0 Å². The highest BCUT2D eigenvalue weighted by atomic mass is 79.9. The third-order valence-corrected chi connectivity index (χ3v) is 2.91. The zero-order valence-corrected chi connectivity index (χ0v) is 8.30. The third-order valence-electron chi connectivity index (χ3n) is 0.958. The molecule has 10 heavy (non-hydrogen) atoms. The van der Waals surface area contributed by atoms with E-state index in [9.17, 15) is 0 Å². The maximum Gasteiger partial charge on any atom is 0.0196 e. The van der Waals surface area contributed by atoms with E-state index >= 15 is 0 Å². The third kappa shape index (κ3) is 2.54. The molecule has 0 amide bonds. The molecule has 2 N–H and O–H groups in total. The lowest BCUT2D eigenvalue weighted by atomic mass is 10.4. The quantitative estimate of drug-likeness (QED) is 0.631. The summed E-state index contributed by atoms with van der Waals surface area (Å²) in [5.74, 6) is 0. The Kier molecular flexibility index (Phi) is 3.62. The summed E-state index contributed by atoms with van der Waals surface area (Å²) in [7, 11) is 2.82. The summed E-state index contributed by atoms with van der Waals surface area (Å²) >= 11 is 3.35. The summed E-state index contributed by atoms with van der Waals surface area (Å²) in [6.45, 7) is 0. The summed E-state index contributed by atoms with van der Waals surface area (Å²) in [4.78, 5) is 1.18. The Labute approximate surface area is 76.4 Å². The first kappa shape index (κ1) is 8.46. The predicted molar refractivity (Wildman–Crippen MR) is 51.8 cm³/mol. The molecule has 1 aromatic carbocycles. The molecule has 4 heteroatoms. The van der Waals surface area contributed by atoms with Crippen LogP contribution in [0.25, 0.3) is 0 Å². The van der Waals surface area contributed by atoms with Crippen LogP contribution in [0.1, 0.15) is 0 Å². The second-order valence-corrected chi connectivity index (χ2v) is 4.46. The normalized spacial score (nSPS) is 9.80. The molecule has 1 aromatic rings. The first-order chi connectivity index (χ1) is 4.83. The molecular weight excluding hydrogens is 230 g/mol. The number of hydrogen-bond acceptors (Lipinski definition) is 3. The maximum absolute atomic E-state index is 5.27. The number of halogens is 1. The molecule has 0 heterocycles. The molecule has 0 fully saturated rings. The fourth-order valence-electron chi connectivity index (χ4n) is 0.546. The van der Waals surface area contributed by atoms with Crippen LogP contribution in [-0.2, 0) is 0 Å². The highest BCUT2D eigenvalue weighted by Gasteiger charge is 1.90. The predicted octanol–water partition coefficient (Wildman–Crippen LogP) is 3.06. The molecule has 0 saturated heterocycles. The van der Waals surface area contributed by atoms with Crippen LogP contribution in [0.15, 0.2) is 33.6 Å². The van der Waals surface area contributed by atoms with Gasteiger partial charge in [0.2, 0.25) is 0 Å². The van der Waals surface area contributed by atoms with Gasteiger partial charge >= 0.3 is 0 Å². The van der Waals surface area contributed by atoms with Crippen molar-refractivity contribution in [3.63, 3.8) is 0 Å². The van der Waals surface area contributed by atoms with Gasteiger partial charge in [0.1, 0.15) is 0 Å². The summed E-state index contributed by atoms with van der Waals surface area (Å²) in [5, 5.41) is 5.27. The van der Waals surface area contributed by atoms with Gasteiger partial charge < -0.3 is 0 Å². The Balaban J connectivity index is 2.69. The first-order valence-electron chi connectivity index (χ1n) is 2.62. The second kappa shape index (κ2) is 4.28. The maximum atomic E-state index is 5.27. The van der Waals surface area contributed by atoms with E-state index in [4.69, 9.17) is 5.14 Å². The zero-order valence-electron chi connectivity index (χ0n) is 5.08. The Hall–Kier alpha value is 0.360. The molecule has 0 unspecified atom stereocenters. The molecule has 1 rings (SSSR count). The van der Waals surface area contributed by atoms with E-state index in [1.165, 1.54) is 15.9 Å². The minimum absolute atomic E-state index is 1.10. The number of nitrogens with two attached hydrogens (primary N) is 1. The molecule has 0 aliphatic rings. The van der Waals surface area contributed by atoms with Crippen LogP contribution in [0, 0.1) is 0 Å².